The van der Waals surface area contributed by atoms with E-state index in [2.05, 4.69) is 15.9 Å². The van der Waals surface area contributed by atoms with Crippen LogP contribution in [0.15, 0.2) is 24.3 Å². The number of hydrogen-bond donors (Lipinski definition) is 2. The minimum Gasteiger partial charge on any atom is -0.389 e. The number of nitriles is 1. The highest BCUT2D eigenvalue weighted by atomic mass is 79.9. The Bertz CT molecular complexity index is 442. The number of hydrogen-bond acceptors (Lipinski definition) is 4. The quantitative estimate of drug-likeness (QED) is 0.638. The van der Waals surface area contributed by atoms with Crippen LogP contribution in [0.2, 0.25) is 0 Å². The fourth-order valence-electron chi connectivity index (χ4n) is 1.38. The molecular formula is C12H12BrNO3. The number of alkyl halides is 1. The number of carbonyl (C=O) groups is 1. The Hall–Kier alpha value is -1.22. The second kappa shape index (κ2) is 6.50. The van der Waals surface area contributed by atoms with Gasteiger partial charge in [-0.2, -0.15) is 5.26 Å². The van der Waals surface area contributed by atoms with E-state index in [-0.39, 0.29) is 17.5 Å². The SMILES string of the molecule is N#CCC(=O)c1cccc(C(O)C(O)CBr)c1. The van der Waals surface area contributed by atoms with Crippen LogP contribution in [-0.4, -0.2) is 27.4 Å². The van der Waals surface area contributed by atoms with E-state index in [1.165, 1.54) is 6.07 Å². The third kappa shape index (κ3) is 3.63. The van der Waals surface area contributed by atoms with Crippen molar-refractivity contribution in [3.05, 3.63) is 35.4 Å². The Morgan fingerprint density at radius 3 is 2.76 bits per heavy atom. The summed E-state index contributed by atoms with van der Waals surface area (Å²) in [7, 11) is 0. The van der Waals surface area contributed by atoms with Gasteiger partial charge in [0.25, 0.3) is 0 Å². The zero-order valence-electron chi connectivity index (χ0n) is 9.01. The highest BCUT2D eigenvalue weighted by Gasteiger charge is 2.18. The average molecular weight is 298 g/mol. The van der Waals surface area contributed by atoms with Gasteiger partial charge in [-0.15, -0.1) is 0 Å². The molecule has 0 aliphatic carbocycles. The standard InChI is InChI=1S/C12H12BrNO3/c13-7-11(16)12(17)9-3-1-2-8(6-9)10(15)4-5-14/h1-3,6,11-12,16-17H,4,7H2. The average Bonchev–Trinajstić information content (AvgIpc) is 2.37. The molecule has 2 unspecified atom stereocenters. The van der Waals surface area contributed by atoms with Gasteiger partial charge < -0.3 is 10.2 Å². The maximum atomic E-state index is 11.5. The van der Waals surface area contributed by atoms with E-state index < -0.39 is 12.2 Å². The molecule has 0 aromatic heterocycles. The van der Waals surface area contributed by atoms with Crippen molar-refractivity contribution in [1.29, 1.82) is 5.26 Å². The van der Waals surface area contributed by atoms with Gasteiger partial charge in [0.2, 0.25) is 0 Å². The van der Waals surface area contributed by atoms with Crippen LogP contribution in [-0.2, 0) is 0 Å². The highest BCUT2D eigenvalue weighted by molar-refractivity contribution is 9.09. The third-order valence-corrected chi connectivity index (χ3v) is 2.98. The molecule has 0 saturated carbocycles. The van der Waals surface area contributed by atoms with Gasteiger partial charge in [-0.3, -0.25) is 4.79 Å². The minimum absolute atomic E-state index is 0.194. The van der Waals surface area contributed by atoms with Gasteiger partial charge in [0.1, 0.15) is 6.10 Å². The third-order valence-electron chi connectivity index (χ3n) is 2.31. The van der Waals surface area contributed by atoms with Gasteiger partial charge in [-0.1, -0.05) is 34.1 Å². The molecule has 0 saturated heterocycles. The number of halogens is 1. The molecule has 0 spiro atoms. The Labute approximate surface area is 108 Å². The summed E-state index contributed by atoms with van der Waals surface area (Å²) in [5.74, 6) is -0.296. The number of benzene rings is 1. The van der Waals surface area contributed by atoms with E-state index in [1.807, 2.05) is 0 Å². The molecule has 0 amide bonds. The van der Waals surface area contributed by atoms with E-state index in [1.54, 1.807) is 24.3 Å². The van der Waals surface area contributed by atoms with Crippen LogP contribution < -0.4 is 0 Å². The van der Waals surface area contributed by atoms with E-state index in [4.69, 9.17) is 5.26 Å². The van der Waals surface area contributed by atoms with Crippen molar-refractivity contribution < 1.29 is 15.0 Å². The molecule has 17 heavy (non-hydrogen) atoms. The smallest absolute Gasteiger partial charge is 0.176 e. The van der Waals surface area contributed by atoms with Crippen molar-refractivity contribution in [3.8, 4) is 6.07 Å². The first-order valence-corrected chi connectivity index (χ1v) is 6.14. The summed E-state index contributed by atoms with van der Waals surface area (Å²) in [5.41, 5.74) is 0.825. The molecule has 2 atom stereocenters. The number of Topliss-reactive ketones (excluding diaryl/α,β-unsaturated/α-hetero) is 1. The summed E-state index contributed by atoms with van der Waals surface area (Å²) in [4.78, 5) is 11.5. The number of nitrogens with zero attached hydrogens (tertiary/aromatic N) is 1. The van der Waals surface area contributed by atoms with Gasteiger partial charge in [-0.25, -0.2) is 0 Å². The second-order valence-corrected chi connectivity index (χ2v) is 4.20. The number of carbonyl (C=O) groups excluding carboxylic acids is 1. The fraction of sp³-hybridized carbons (Fsp3) is 0.333. The molecule has 2 N–H and O–H groups in total. The molecule has 4 nitrogen and oxygen atoms in total. The van der Waals surface area contributed by atoms with Gasteiger partial charge in [0.15, 0.2) is 5.78 Å². The monoisotopic (exact) mass is 297 g/mol. The number of aliphatic hydroxyl groups is 2. The Morgan fingerprint density at radius 2 is 2.18 bits per heavy atom. The van der Waals surface area contributed by atoms with Crippen LogP contribution >= 0.6 is 15.9 Å². The normalized spacial score (nSPS) is 13.8. The summed E-state index contributed by atoms with van der Waals surface area (Å²) in [5, 5.41) is 27.9. The lowest BCUT2D eigenvalue weighted by molar-refractivity contribution is 0.0342. The van der Waals surface area contributed by atoms with Crippen LogP contribution in [0.5, 0.6) is 0 Å². The summed E-state index contributed by atoms with van der Waals surface area (Å²) in [6, 6.07) is 8.10. The van der Waals surface area contributed by atoms with Crippen LogP contribution in [0.1, 0.15) is 28.4 Å². The summed E-state index contributed by atoms with van der Waals surface area (Å²) < 4.78 is 0. The lowest BCUT2D eigenvalue weighted by Gasteiger charge is -2.16. The zero-order chi connectivity index (χ0) is 12.8. The van der Waals surface area contributed by atoms with Crippen molar-refractivity contribution in [3.63, 3.8) is 0 Å². The number of ketones is 1. The van der Waals surface area contributed by atoms with Gasteiger partial charge >= 0.3 is 0 Å². The van der Waals surface area contributed by atoms with Gasteiger partial charge in [0.05, 0.1) is 18.6 Å². The lowest BCUT2D eigenvalue weighted by Crippen LogP contribution is -2.19. The van der Waals surface area contributed by atoms with Crippen molar-refractivity contribution in [2.24, 2.45) is 0 Å². The van der Waals surface area contributed by atoms with Crippen LogP contribution in [0.3, 0.4) is 0 Å². The fourth-order valence-corrected chi connectivity index (χ4v) is 1.73. The molecule has 0 aliphatic rings. The first-order valence-electron chi connectivity index (χ1n) is 5.02. The molecular weight excluding hydrogens is 286 g/mol. The Morgan fingerprint density at radius 1 is 1.47 bits per heavy atom. The largest absolute Gasteiger partial charge is 0.389 e. The molecule has 0 radical (unpaired) electrons. The molecule has 0 bridgehead atoms. The molecule has 0 fully saturated rings. The molecule has 90 valence electrons. The zero-order valence-corrected chi connectivity index (χ0v) is 10.6. The first-order chi connectivity index (χ1) is 8.10. The number of aliphatic hydroxyl groups excluding tert-OH is 2. The molecule has 1 aromatic carbocycles. The van der Waals surface area contributed by atoms with Crippen molar-refractivity contribution in [1.82, 2.24) is 0 Å². The van der Waals surface area contributed by atoms with Crippen molar-refractivity contribution >= 4 is 21.7 Å². The van der Waals surface area contributed by atoms with Crippen LogP contribution in [0, 0.1) is 11.3 Å². The molecule has 0 aliphatic heterocycles. The Kier molecular flexibility index (Phi) is 5.29. The lowest BCUT2D eigenvalue weighted by atomic mass is 10.0. The minimum atomic E-state index is -1.05. The Balaban J connectivity index is 2.93. The summed E-state index contributed by atoms with van der Waals surface area (Å²) in [6.07, 6.45) is -2.18. The van der Waals surface area contributed by atoms with Crippen molar-refractivity contribution in [2.45, 2.75) is 18.6 Å². The predicted molar refractivity (Wildman–Crippen MR) is 65.8 cm³/mol. The van der Waals surface area contributed by atoms with Gasteiger partial charge in [0, 0.05) is 10.9 Å². The summed E-state index contributed by atoms with van der Waals surface area (Å²) >= 11 is 3.06. The van der Waals surface area contributed by atoms with E-state index in [0.717, 1.165) is 0 Å². The van der Waals surface area contributed by atoms with Gasteiger partial charge in [-0.05, 0) is 11.6 Å². The maximum absolute atomic E-state index is 11.5. The van der Waals surface area contributed by atoms with Crippen molar-refractivity contribution in [2.75, 3.05) is 5.33 Å². The summed E-state index contributed by atoms with van der Waals surface area (Å²) in [6.45, 7) is 0. The first kappa shape index (κ1) is 13.8. The number of rotatable bonds is 5. The topological polar surface area (TPSA) is 81.3 Å². The van der Waals surface area contributed by atoms with Crippen LogP contribution in [0.4, 0.5) is 0 Å². The van der Waals surface area contributed by atoms with E-state index in [0.29, 0.717) is 11.1 Å². The molecule has 1 rings (SSSR count). The predicted octanol–water partition coefficient (Wildman–Crippen LogP) is 1.57. The van der Waals surface area contributed by atoms with E-state index in [9.17, 15) is 15.0 Å². The molecule has 0 heterocycles. The molecule has 1 aromatic rings. The molecule has 5 heteroatoms. The van der Waals surface area contributed by atoms with Crippen LogP contribution in [0.25, 0.3) is 0 Å². The maximum Gasteiger partial charge on any atom is 0.176 e. The second-order valence-electron chi connectivity index (χ2n) is 3.55. The van der Waals surface area contributed by atoms with E-state index >= 15 is 0 Å². The highest BCUT2D eigenvalue weighted by Crippen LogP contribution is 2.19.